The van der Waals surface area contributed by atoms with Gasteiger partial charge in [0.15, 0.2) is 0 Å². The Labute approximate surface area is 118 Å². The van der Waals surface area contributed by atoms with Gasteiger partial charge in [0.1, 0.15) is 5.75 Å². The predicted molar refractivity (Wildman–Crippen MR) is 77.1 cm³/mol. The summed E-state index contributed by atoms with van der Waals surface area (Å²) in [4.78, 5) is 0. The number of hydrogen-bond acceptors (Lipinski definition) is 4. The summed E-state index contributed by atoms with van der Waals surface area (Å²) in [6.07, 6.45) is 4.85. The molecule has 1 aliphatic rings. The molecule has 5 heteroatoms. The number of fused-ring (bicyclic) bond motifs is 1. The standard InChI is InChI=1S/C15H19N3O2/c1-19-7-5-18-11-14(10-17-18)16-9-12-2-3-15-13(8-12)4-6-20-15/h2-3,8,10-11,16H,4-7,9H2,1H3. The van der Waals surface area contributed by atoms with E-state index in [0.29, 0.717) is 6.61 Å². The molecule has 1 N–H and O–H groups in total. The van der Waals surface area contributed by atoms with Gasteiger partial charge in [-0.1, -0.05) is 12.1 Å². The molecule has 1 aromatic carbocycles. The molecule has 5 nitrogen and oxygen atoms in total. The number of benzene rings is 1. The lowest BCUT2D eigenvalue weighted by Gasteiger charge is -2.06. The van der Waals surface area contributed by atoms with Gasteiger partial charge >= 0.3 is 0 Å². The average Bonchev–Trinajstić information content (AvgIpc) is 3.11. The molecular weight excluding hydrogens is 254 g/mol. The quantitative estimate of drug-likeness (QED) is 0.875. The maximum Gasteiger partial charge on any atom is 0.122 e. The highest BCUT2D eigenvalue weighted by Crippen LogP contribution is 2.26. The molecule has 0 saturated carbocycles. The van der Waals surface area contributed by atoms with Crippen LogP contribution in [0.4, 0.5) is 5.69 Å². The minimum atomic E-state index is 0.673. The highest BCUT2D eigenvalue weighted by Gasteiger charge is 2.11. The molecule has 20 heavy (non-hydrogen) atoms. The minimum absolute atomic E-state index is 0.673. The highest BCUT2D eigenvalue weighted by atomic mass is 16.5. The second-order valence-electron chi connectivity index (χ2n) is 4.88. The first kappa shape index (κ1) is 13.0. The van der Waals surface area contributed by atoms with Crippen LogP contribution < -0.4 is 10.1 Å². The molecule has 0 amide bonds. The van der Waals surface area contributed by atoms with Crippen molar-refractivity contribution in [3.05, 3.63) is 41.7 Å². The topological polar surface area (TPSA) is 48.3 Å². The lowest BCUT2D eigenvalue weighted by atomic mass is 10.1. The molecule has 0 fully saturated rings. The number of nitrogens with one attached hydrogen (secondary N) is 1. The number of methoxy groups -OCH3 is 1. The van der Waals surface area contributed by atoms with Gasteiger partial charge in [-0.15, -0.1) is 0 Å². The molecule has 1 aliphatic heterocycles. The Kier molecular flexibility index (Phi) is 3.87. The highest BCUT2D eigenvalue weighted by molar-refractivity contribution is 5.43. The Morgan fingerprint density at radius 1 is 1.45 bits per heavy atom. The van der Waals surface area contributed by atoms with Gasteiger partial charge in [0.2, 0.25) is 0 Å². The van der Waals surface area contributed by atoms with Crippen molar-refractivity contribution >= 4 is 5.69 Å². The van der Waals surface area contributed by atoms with E-state index in [9.17, 15) is 0 Å². The molecular formula is C15H19N3O2. The number of hydrogen-bond donors (Lipinski definition) is 1. The van der Waals surface area contributed by atoms with Gasteiger partial charge in [0, 0.05) is 26.3 Å². The van der Waals surface area contributed by atoms with Gasteiger partial charge in [-0.25, -0.2) is 0 Å². The molecule has 0 spiro atoms. The van der Waals surface area contributed by atoms with E-state index in [1.807, 2.05) is 17.1 Å². The summed E-state index contributed by atoms with van der Waals surface area (Å²) < 4.78 is 12.4. The van der Waals surface area contributed by atoms with Crippen LogP contribution in [0.1, 0.15) is 11.1 Å². The summed E-state index contributed by atoms with van der Waals surface area (Å²) in [6, 6.07) is 6.37. The zero-order valence-corrected chi connectivity index (χ0v) is 11.6. The maximum absolute atomic E-state index is 5.51. The maximum atomic E-state index is 5.51. The zero-order valence-electron chi connectivity index (χ0n) is 11.6. The summed E-state index contributed by atoms with van der Waals surface area (Å²) >= 11 is 0. The summed E-state index contributed by atoms with van der Waals surface area (Å²) in [5.41, 5.74) is 3.59. The molecule has 0 unspecified atom stereocenters. The van der Waals surface area contributed by atoms with Crippen molar-refractivity contribution in [2.75, 3.05) is 25.6 Å². The van der Waals surface area contributed by atoms with E-state index in [2.05, 4.69) is 28.6 Å². The Morgan fingerprint density at radius 3 is 3.30 bits per heavy atom. The van der Waals surface area contributed by atoms with E-state index < -0.39 is 0 Å². The number of ether oxygens (including phenoxy) is 2. The summed E-state index contributed by atoms with van der Waals surface area (Å²) in [6.45, 7) is 3.04. The van der Waals surface area contributed by atoms with Gasteiger partial charge in [0.25, 0.3) is 0 Å². The first-order valence-electron chi connectivity index (χ1n) is 6.85. The summed E-state index contributed by atoms with van der Waals surface area (Å²) in [7, 11) is 1.69. The minimum Gasteiger partial charge on any atom is -0.493 e. The van der Waals surface area contributed by atoms with Gasteiger partial charge in [-0.3, -0.25) is 4.68 Å². The molecule has 106 valence electrons. The van der Waals surface area contributed by atoms with Crippen molar-refractivity contribution in [1.29, 1.82) is 0 Å². The lowest BCUT2D eigenvalue weighted by molar-refractivity contribution is 0.183. The van der Waals surface area contributed by atoms with Crippen LogP contribution in [0, 0.1) is 0 Å². The smallest absolute Gasteiger partial charge is 0.122 e. The van der Waals surface area contributed by atoms with Crippen LogP contribution in [0.3, 0.4) is 0 Å². The first-order chi connectivity index (χ1) is 9.85. The Hall–Kier alpha value is -2.01. The largest absolute Gasteiger partial charge is 0.493 e. The molecule has 0 radical (unpaired) electrons. The number of anilines is 1. The van der Waals surface area contributed by atoms with Crippen molar-refractivity contribution in [3.63, 3.8) is 0 Å². The summed E-state index contributed by atoms with van der Waals surface area (Å²) in [5.74, 6) is 1.03. The van der Waals surface area contributed by atoms with Crippen LogP contribution in [-0.2, 0) is 24.2 Å². The molecule has 3 rings (SSSR count). The predicted octanol–water partition coefficient (Wildman–Crippen LogP) is 2.08. The normalized spacial score (nSPS) is 13.1. The Morgan fingerprint density at radius 2 is 2.40 bits per heavy atom. The van der Waals surface area contributed by atoms with Crippen LogP contribution in [-0.4, -0.2) is 30.1 Å². The van der Waals surface area contributed by atoms with E-state index in [1.165, 1.54) is 11.1 Å². The molecule has 0 aliphatic carbocycles. The van der Waals surface area contributed by atoms with E-state index in [0.717, 1.165) is 37.6 Å². The molecule has 1 aromatic heterocycles. The van der Waals surface area contributed by atoms with Gasteiger partial charge < -0.3 is 14.8 Å². The molecule has 2 aromatic rings. The fourth-order valence-electron chi connectivity index (χ4n) is 2.32. The number of nitrogens with zero attached hydrogens (tertiary/aromatic N) is 2. The first-order valence-corrected chi connectivity index (χ1v) is 6.85. The fourth-order valence-corrected chi connectivity index (χ4v) is 2.32. The number of rotatable bonds is 6. The van der Waals surface area contributed by atoms with Crippen molar-refractivity contribution < 1.29 is 9.47 Å². The Balaban J connectivity index is 1.57. The third-order valence-corrected chi connectivity index (χ3v) is 3.41. The average molecular weight is 273 g/mol. The second-order valence-corrected chi connectivity index (χ2v) is 4.88. The van der Waals surface area contributed by atoms with Crippen LogP contribution >= 0.6 is 0 Å². The van der Waals surface area contributed by atoms with Crippen molar-refractivity contribution in [2.45, 2.75) is 19.5 Å². The van der Waals surface area contributed by atoms with Crippen molar-refractivity contribution in [3.8, 4) is 5.75 Å². The Bertz CT molecular complexity index is 580. The molecule has 0 atom stereocenters. The van der Waals surface area contributed by atoms with Crippen LogP contribution in [0.2, 0.25) is 0 Å². The van der Waals surface area contributed by atoms with Crippen LogP contribution in [0.5, 0.6) is 5.75 Å². The van der Waals surface area contributed by atoms with Crippen molar-refractivity contribution in [2.24, 2.45) is 0 Å². The third-order valence-electron chi connectivity index (χ3n) is 3.41. The molecule has 2 heterocycles. The van der Waals surface area contributed by atoms with Crippen molar-refractivity contribution in [1.82, 2.24) is 9.78 Å². The zero-order chi connectivity index (χ0) is 13.8. The monoisotopic (exact) mass is 273 g/mol. The van der Waals surface area contributed by atoms with Crippen LogP contribution in [0.25, 0.3) is 0 Å². The fraction of sp³-hybridized carbons (Fsp3) is 0.400. The second kappa shape index (κ2) is 5.96. The van der Waals surface area contributed by atoms with E-state index in [4.69, 9.17) is 9.47 Å². The van der Waals surface area contributed by atoms with Gasteiger partial charge in [-0.05, 0) is 17.2 Å². The molecule has 0 saturated heterocycles. The van der Waals surface area contributed by atoms with Gasteiger partial charge in [0.05, 0.1) is 31.6 Å². The van der Waals surface area contributed by atoms with E-state index in [-0.39, 0.29) is 0 Å². The van der Waals surface area contributed by atoms with Gasteiger partial charge in [-0.2, -0.15) is 5.10 Å². The third kappa shape index (κ3) is 2.93. The number of aromatic nitrogens is 2. The summed E-state index contributed by atoms with van der Waals surface area (Å²) in [5, 5.41) is 7.66. The SMILES string of the molecule is COCCn1cc(NCc2ccc3c(c2)CCO3)cn1. The molecule has 0 bridgehead atoms. The van der Waals surface area contributed by atoms with E-state index in [1.54, 1.807) is 7.11 Å². The van der Waals surface area contributed by atoms with Crippen LogP contribution in [0.15, 0.2) is 30.6 Å². The van der Waals surface area contributed by atoms with E-state index >= 15 is 0 Å². The lowest BCUT2D eigenvalue weighted by Crippen LogP contribution is -2.04.